The maximum Gasteiger partial charge on any atom is 0.315 e. The Morgan fingerprint density at radius 1 is 1.17 bits per heavy atom. The topological polar surface area (TPSA) is 58.2 Å². The molecule has 3 rings (SSSR count). The lowest BCUT2D eigenvalue weighted by Crippen LogP contribution is -2.38. The van der Waals surface area contributed by atoms with Crippen LogP contribution in [0.1, 0.15) is 35.6 Å². The third kappa shape index (κ3) is 4.03. The van der Waals surface area contributed by atoms with Crippen molar-refractivity contribution in [2.24, 2.45) is 0 Å². The van der Waals surface area contributed by atoms with Crippen LogP contribution in [0, 0.1) is 0 Å². The second kappa shape index (κ2) is 7.62. The van der Waals surface area contributed by atoms with E-state index >= 15 is 0 Å². The van der Waals surface area contributed by atoms with Gasteiger partial charge in [0.05, 0.1) is 6.04 Å². The fourth-order valence-electron chi connectivity index (χ4n) is 3.09. The average molecular weight is 342 g/mol. The van der Waals surface area contributed by atoms with Gasteiger partial charge in [0.2, 0.25) is 0 Å². The largest absolute Gasteiger partial charge is 0.334 e. The van der Waals surface area contributed by atoms with Gasteiger partial charge in [0.25, 0.3) is 0 Å². The molecule has 0 spiro atoms. The van der Waals surface area contributed by atoms with Crippen LogP contribution in [0.25, 0.3) is 0 Å². The molecule has 0 bridgehead atoms. The second-order valence-electron chi connectivity index (χ2n) is 6.07. The zero-order valence-electron chi connectivity index (χ0n) is 13.7. The summed E-state index contributed by atoms with van der Waals surface area (Å²) in [7, 11) is -0.976. The summed E-state index contributed by atoms with van der Waals surface area (Å²) in [4.78, 5) is 13.0. The minimum Gasteiger partial charge on any atom is -0.334 e. The number of hydrogen-bond acceptors (Lipinski definition) is 2. The first-order valence-corrected chi connectivity index (χ1v) is 9.74. The van der Waals surface area contributed by atoms with E-state index in [1.165, 1.54) is 11.1 Å². The third-order valence-corrected chi connectivity index (χ3v) is 5.32. The van der Waals surface area contributed by atoms with E-state index in [2.05, 4.69) is 22.8 Å². The molecule has 2 N–H and O–H groups in total. The van der Waals surface area contributed by atoms with Crippen molar-refractivity contribution in [3.63, 3.8) is 0 Å². The van der Waals surface area contributed by atoms with Gasteiger partial charge in [0, 0.05) is 28.5 Å². The van der Waals surface area contributed by atoms with Crippen molar-refractivity contribution >= 4 is 16.8 Å². The summed E-state index contributed by atoms with van der Waals surface area (Å²) in [5.74, 6) is 0. The van der Waals surface area contributed by atoms with Crippen LogP contribution >= 0.6 is 0 Å². The van der Waals surface area contributed by atoms with E-state index in [0.29, 0.717) is 6.54 Å². The summed E-state index contributed by atoms with van der Waals surface area (Å²) in [6.45, 7) is 0.455. The van der Waals surface area contributed by atoms with Crippen LogP contribution in [0.5, 0.6) is 0 Å². The van der Waals surface area contributed by atoms with E-state index in [1.54, 1.807) is 6.26 Å². The van der Waals surface area contributed by atoms with Gasteiger partial charge >= 0.3 is 6.03 Å². The summed E-state index contributed by atoms with van der Waals surface area (Å²) in [5.41, 5.74) is 3.55. The Kier molecular flexibility index (Phi) is 5.30. The number of carbonyl (C=O) groups excluding carboxylic acids is 1. The van der Waals surface area contributed by atoms with Gasteiger partial charge < -0.3 is 10.6 Å². The van der Waals surface area contributed by atoms with E-state index in [4.69, 9.17) is 0 Å². The fourth-order valence-corrected chi connectivity index (χ4v) is 3.61. The van der Waals surface area contributed by atoms with E-state index < -0.39 is 10.8 Å². The Morgan fingerprint density at radius 3 is 2.67 bits per heavy atom. The first-order chi connectivity index (χ1) is 11.6. The smallest absolute Gasteiger partial charge is 0.315 e. The van der Waals surface area contributed by atoms with Crippen molar-refractivity contribution in [3.05, 3.63) is 65.2 Å². The number of carbonyl (C=O) groups is 1. The summed E-state index contributed by atoms with van der Waals surface area (Å²) in [5, 5.41) is 5.98. The van der Waals surface area contributed by atoms with Crippen LogP contribution in [-0.4, -0.2) is 16.5 Å². The lowest BCUT2D eigenvalue weighted by Gasteiger charge is -2.26. The maximum absolute atomic E-state index is 12.2. The van der Waals surface area contributed by atoms with Gasteiger partial charge in [-0.3, -0.25) is 4.21 Å². The van der Waals surface area contributed by atoms with Gasteiger partial charge in [-0.25, -0.2) is 4.79 Å². The molecule has 2 atom stereocenters. The molecule has 1 aliphatic carbocycles. The van der Waals surface area contributed by atoms with Crippen LogP contribution in [0.15, 0.2) is 53.4 Å². The lowest BCUT2D eigenvalue weighted by molar-refractivity contribution is 0.235. The fraction of sp³-hybridized carbons (Fsp3) is 0.316. The molecular formula is C19H22N2O2S. The van der Waals surface area contributed by atoms with Gasteiger partial charge in [-0.05, 0) is 48.1 Å². The molecule has 126 valence electrons. The molecule has 2 aromatic rings. The molecule has 2 amide bonds. The molecule has 2 unspecified atom stereocenters. The Bertz CT molecular complexity index is 743. The van der Waals surface area contributed by atoms with Gasteiger partial charge in [-0.2, -0.15) is 0 Å². The number of aryl methyl sites for hydroxylation is 1. The third-order valence-electron chi connectivity index (χ3n) is 4.38. The quantitative estimate of drug-likeness (QED) is 0.896. The number of benzene rings is 2. The van der Waals surface area contributed by atoms with Gasteiger partial charge in [0.1, 0.15) is 0 Å². The molecule has 0 aliphatic heterocycles. The number of urea groups is 1. The molecule has 0 heterocycles. The Morgan fingerprint density at radius 2 is 1.92 bits per heavy atom. The minimum atomic E-state index is -0.976. The molecule has 1 aliphatic rings. The monoisotopic (exact) mass is 342 g/mol. The van der Waals surface area contributed by atoms with Gasteiger partial charge in [0.15, 0.2) is 0 Å². The highest BCUT2D eigenvalue weighted by atomic mass is 32.2. The molecule has 2 aromatic carbocycles. The van der Waals surface area contributed by atoms with Gasteiger partial charge in [-0.15, -0.1) is 0 Å². The number of hydrogen-bond donors (Lipinski definition) is 2. The Balaban J connectivity index is 1.56. The average Bonchev–Trinajstić information content (AvgIpc) is 2.61. The predicted molar refractivity (Wildman–Crippen MR) is 96.3 cm³/mol. The van der Waals surface area contributed by atoms with E-state index in [-0.39, 0.29) is 12.1 Å². The number of rotatable bonds is 4. The van der Waals surface area contributed by atoms with E-state index in [0.717, 1.165) is 29.7 Å². The SMILES string of the molecule is CS(=O)c1ccc(CNC(=O)NC2CCCc3ccccc32)cc1. The zero-order valence-corrected chi connectivity index (χ0v) is 14.6. The highest BCUT2D eigenvalue weighted by Crippen LogP contribution is 2.29. The first-order valence-electron chi connectivity index (χ1n) is 8.18. The highest BCUT2D eigenvalue weighted by molar-refractivity contribution is 7.84. The Hall–Kier alpha value is -2.14. The zero-order chi connectivity index (χ0) is 16.9. The summed E-state index contributed by atoms with van der Waals surface area (Å²) in [6, 6.07) is 15.7. The van der Waals surface area contributed by atoms with Crippen LogP contribution in [0.4, 0.5) is 4.79 Å². The molecule has 5 heteroatoms. The number of nitrogens with one attached hydrogen (secondary N) is 2. The van der Waals surface area contributed by atoms with Crippen LogP contribution in [0.2, 0.25) is 0 Å². The van der Waals surface area contributed by atoms with E-state index in [9.17, 15) is 9.00 Å². The Labute approximate surface area is 145 Å². The maximum atomic E-state index is 12.2. The standard InChI is InChI=1S/C19H22N2O2S/c1-24(23)16-11-9-14(10-12-16)13-20-19(22)21-18-8-4-6-15-5-2-3-7-17(15)18/h2-3,5,7,9-12,18H,4,6,8,13H2,1H3,(H2,20,21,22). The van der Waals surface area contributed by atoms with Crippen molar-refractivity contribution in [1.29, 1.82) is 0 Å². The minimum absolute atomic E-state index is 0.0832. The van der Waals surface area contributed by atoms with Crippen LogP contribution < -0.4 is 10.6 Å². The molecule has 0 saturated carbocycles. The van der Waals surface area contributed by atoms with Crippen LogP contribution in [0.3, 0.4) is 0 Å². The molecule has 0 radical (unpaired) electrons. The summed E-state index contributed by atoms with van der Waals surface area (Å²) < 4.78 is 11.4. The number of fused-ring (bicyclic) bond motifs is 1. The lowest BCUT2D eigenvalue weighted by atomic mass is 9.88. The molecule has 4 nitrogen and oxygen atoms in total. The first kappa shape index (κ1) is 16.7. The molecule has 0 aromatic heterocycles. The van der Waals surface area contributed by atoms with Crippen molar-refractivity contribution in [2.45, 2.75) is 36.7 Å². The van der Waals surface area contributed by atoms with Crippen molar-refractivity contribution in [2.75, 3.05) is 6.26 Å². The van der Waals surface area contributed by atoms with Crippen molar-refractivity contribution in [1.82, 2.24) is 10.6 Å². The highest BCUT2D eigenvalue weighted by Gasteiger charge is 2.21. The normalized spacial score (nSPS) is 17.6. The van der Waals surface area contributed by atoms with Crippen molar-refractivity contribution < 1.29 is 9.00 Å². The molecular weight excluding hydrogens is 320 g/mol. The molecule has 0 saturated heterocycles. The van der Waals surface area contributed by atoms with Crippen LogP contribution in [-0.2, 0) is 23.8 Å². The second-order valence-corrected chi connectivity index (χ2v) is 7.45. The summed E-state index contributed by atoms with van der Waals surface area (Å²) >= 11 is 0. The molecule has 24 heavy (non-hydrogen) atoms. The van der Waals surface area contributed by atoms with Crippen molar-refractivity contribution in [3.8, 4) is 0 Å². The number of amides is 2. The van der Waals surface area contributed by atoms with Gasteiger partial charge in [-0.1, -0.05) is 36.4 Å². The van der Waals surface area contributed by atoms with E-state index in [1.807, 2.05) is 36.4 Å². The predicted octanol–water partition coefficient (Wildman–Crippen LogP) is 3.30. The summed E-state index contributed by atoms with van der Waals surface area (Å²) in [6.07, 6.45) is 4.81. The molecule has 0 fully saturated rings.